The van der Waals surface area contributed by atoms with E-state index >= 15 is 0 Å². The highest BCUT2D eigenvalue weighted by atomic mass is 32.2. The Hall–Kier alpha value is -2.93. The van der Waals surface area contributed by atoms with E-state index in [2.05, 4.69) is 9.82 Å². The molecule has 0 spiro atoms. The first kappa shape index (κ1) is 18.8. The summed E-state index contributed by atoms with van der Waals surface area (Å²) in [5.74, 6) is 0. The molecule has 3 rings (SSSR count). The number of nitrogens with zero attached hydrogens (tertiary/aromatic N) is 2. The monoisotopic (exact) mass is 383 g/mol. The number of rotatable bonds is 4. The molecule has 3 aromatic rings. The first-order chi connectivity index (χ1) is 12.7. The fraction of sp³-hybridized carbons (Fsp3) is 0.200. The molecule has 0 bridgehead atoms. The molecule has 0 unspecified atom stereocenters. The molecule has 0 radical (unpaired) electrons. The van der Waals surface area contributed by atoms with Gasteiger partial charge in [-0.3, -0.25) is 9.52 Å². The molecule has 6 nitrogen and oxygen atoms in total. The number of sulfonamides is 1. The Balaban J connectivity index is 1.89. The predicted molar refractivity (Wildman–Crippen MR) is 106 cm³/mol. The lowest BCUT2D eigenvalue weighted by atomic mass is 10.1. The fourth-order valence-electron chi connectivity index (χ4n) is 2.80. The topological polar surface area (TPSA) is 81.1 Å². The van der Waals surface area contributed by atoms with Crippen molar-refractivity contribution in [2.75, 3.05) is 4.72 Å². The maximum Gasteiger partial charge on any atom is 0.266 e. The van der Waals surface area contributed by atoms with Gasteiger partial charge < -0.3 is 0 Å². The largest absolute Gasteiger partial charge is 0.280 e. The zero-order valence-electron chi connectivity index (χ0n) is 15.6. The smallest absolute Gasteiger partial charge is 0.266 e. The average molecular weight is 383 g/mol. The van der Waals surface area contributed by atoms with E-state index < -0.39 is 10.0 Å². The first-order valence-corrected chi connectivity index (χ1v) is 9.91. The number of hydrogen-bond donors (Lipinski definition) is 1. The number of nitrogens with one attached hydrogen (secondary N) is 1. The van der Waals surface area contributed by atoms with Gasteiger partial charge in [-0.1, -0.05) is 18.2 Å². The molecule has 1 N–H and O–H groups in total. The molecule has 0 saturated carbocycles. The molecular weight excluding hydrogens is 362 g/mol. The van der Waals surface area contributed by atoms with Crippen LogP contribution in [0.15, 0.2) is 58.2 Å². The van der Waals surface area contributed by atoms with Gasteiger partial charge in [-0.25, -0.2) is 13.1 Å². The second-order valence-electron chi connectivity index (χ2n) is 6.57. The van der Waals surface area contributed by atoms with Crippen molar-refractivity contribution < 1.29 is 8.42 Å². The fourth-order valence-corrected chi connectivity index (χ4v) is 4.17. The summed E-state index contributed by atoms with van der Waals surface area (Å²) in [6.45, 7) is 5.64. The minimum absolute atomic E-state index is 0.188. The van der Waals surface area contributed by atoms with Crippen LogP contribution in [0.1, 0.15) is 16.7 Å². The van der Waals surface area contributed by atoms with Crippen LogP contribution >= 0.6 is 0 Å². The van der Waals surface area contributed by atoms with Gasteiger partial charge in [0.05, 0.1) is 10.6 Å². The van der Waals surface area contributed by atoms with Crippen LogP contribution in [-0.4, -0.2) is 18.2 Å². The molecule has 0 aliphatic carbocycles. The Morgan fingerprint density at radius 2 is 1.52 bits per heavy atom. The van der Waals surface area contributed by atoms with Crippen molar-refractivity contribution in [3.63, 3.8) is 0 Å². The summed E-state index contributed by atoms with van der Waals surface area (Å²) in [5, 5.41) is 4.19. The molecule has 0 atom stereocenters. The van der Waals surface area contributed by atoms with Crippen molar-refractivity contribution in [3.8, 4) is 11.3 Å². The summed E-state index contributed by atoms with van der Waals surface area (Å²) in [6.07, 6.45) is 0. The van der Waals surface area contributed by atoms with Crippen molar-refractivity contribution in [2.45, 2.75) is 25.7 Å². The third kappa shape index (κ3) is 3.93. The van der Waals surface area contributed by atoms with Crippen LogP contribution in [0.4, 0.5) is 5.69 Å². The van der Waals surface area contributed by atoms with Crippen LogP contribution in [0.3, 0.4) is 0 Å². The number of hydrogen-bond acceptors (Lipinski definition) is 4. The molecule has 0 amide bonds. The summed E-state index contributed by atoms with van der Waals surface area (Å²) < 4.78 is 29.4. The zero-order valence-corrected chi connectivity index (χ0v) is 16.5. The van der Waals surface area contributed by atoms with Crippen molar-refractivity contribution in [1.82, 2.24) is 9.78 Å². The summed E-state index contributed by atoms with van der Waals surface area (Å²) in [6, 6.07) is 13.5. The van der Waals surface area contributed by atoms with Gasteiger partial charge in [0.2, 0.25) is 0 Å². The highest BCUT2D eigenvalue weighted by Crippen LogP contribution is 2.24. The predicted octanol–water partition coefficient (Wildman–Crippen LogP) is 3.17. The lowest BCUT2D eigenvalue weighted by molar-refractivity contribution is 0.600. The second-order valence-corrected chi connectivity index (χ2v) is 8.22. The Labute approximate surface area is 158 Å². The molecule has 0 aliphatic heterocycles. The lowest BCUT2D eigenvalue weighted by Crippen LogP contribution is -2.18. The number of aromatic nitrogens is 2. The Morgan fingerprint density at radius 3 is 2.15 bits per heavy atom. The van der Waals surface area contributed by atoms with Gasteiger partial charge in [0.25, 0.3) is 15.6 Å². The van der Waals surface area contributed by atoms with Gasteiger partial charge in [0.15, 0.2) is 0 Å². The van der Waals surface area contributed by atoms with Crippen LogP contribution in [0, 0.1) is 20.8 Å². The number of anilines is 1. The van der Waals surface area contributed by atoms with Crippen LogP contribution in [-0.2, 0) is 17.1 Å². The van der Waals surface area contributed by atoms with Crippen LogP contribution in [0.5, 0.6) is 0 Å². The average Bonchev–Trinajstić information content (AvgIpc) is 2.61. The van der Waals surface area contributed by atoms with Gasteiger partial charge in [-0.15, -0.1) is 0 Å². The minimum atomic E-state index is -3.68. The standard InChI is InChI=1S/C20H21N3O3S/c1-13-11-15(3)19(12-14(13)2)27(25,26)22-17-7-5-16(6-8-17)18-9-10-20(24)23(4)21-18/h5-12,22H,1-4H3. The van der Waals surface area contributed by atoms with E-state index in [9.17, 15) is 13.2 Å². The Morgan fingerprint density at radius 1 is 0.889 bits per heavy atom. The molecule has 140 valence electrons. The molecule has 0 aliphatic rings. The van der Waals surface area contributed by atoms with Gasteiger partial charge in [-0.05, 0) is 61.7 Å². The first-order valence-electron chi connectivity index (χ1n) is 8.43. The highest BCUT2D eigenvalue weighted by molar-refractivity contribution is 7.92. The van der Waals surface area contributed by atoms with Crippen molar-refractivity contribution in [2.24, 2.45) is 7.05 Å². The van der Waals surface area contributed by atoms with E-state index in [1.165, 1.54) is 10.7 Å². The Bertz CT molecular complexity index is 1160. The maximum atomic E-state index is 12.8. The molecule has 2 aromatic carbocycles. The summed E-state index contributed by atoms with van der Waals surface area (Å²) in [5.41, 5.74) is 4.38. The third-order valence-corrected chi connectivity index (χ3v) is 6.00. The third-order valence-electron chi connectivity index (χ3n) is 4.47. The van der Waals surface area contributed by atoms with E-state index in [0.717, 1.165) is 16.7 Å². The van der Waals surface area contributed by atoms with Gasteiger partial charge >= 0.3 is 0 Å². The van der Waals surface area contributed by atoms with E-state index in [-0.39, 0.29) is 10.5 Å². The molecule has 1 aromatic heterocycles. The number of benzene rings is 2. The highest BCUT2D eigenvalue weighted by Gasteiger charge is 2.18. The van der Waals surface area contributed by atoms with Gasteiger partial charge in [0.1, 0.15) is 0 Å². The SMILES string of the molecule is Cc1cc(C)c(S(=O)(=O)Nc2ccc(-c3ccc(=O)n(C)n3)cc2)cc1C. The van der Waals surface area contributed by atoms with E-state index in [1.54, 1.807) is 50.4 Å². The van der Waals surface area contributed by atoms with E-state index in [1.807, 2.05) is 19.9 Å². The molecule has 0 fully saturated rings. The molecule has 7 heteroatoms. The van der Waals surface area contributed by atoms with Crippen LogP contribution in [0.2, 0.25) is 0 Å². The maximum absolute atomic E-state index is 12.8. The Kier molecular flexibility index (Phi) is 4.89. The normalized spacial score (nSPS) is 11.4. The molecule has 27 heavy (non-hydrogen) atoms. The van der Waals surface area contributed by atoms with Gasteiger partial charge in [-0.2, -0.15) is 5.10 Å². The summed E-state index contributed by atoms with van der Waals surface area (Å²) in [4.78, 5) is 11.7. The minimum Gasteiger partial charge on any atom is -0.280 e. The van der Waals surface area contributed by atoms with Crippen LogP contribution < -0.4 is 10.3 Å². The molecule has 0 saturated heterocycles. The number of aryl methyl sites for hydroxylation is 4. The zero-order chi connectivity index (χ0) is 19.8. The van der Waals surface area contributed by atoms with Crippen molar-refractivity contribution >= 4 is 15.7 Å². The van der Waals surface area contributed by atoms with Crippen molar-refractivity contribution in [1.29, 1.82) is 0 Å². The van der Waals surface area contributed by atoms with Gasteiger partial charge in [0, 0.05) is 24.4 Å². The summed E-state index contributed by atoms with van der Waals surface area (Å²) in [7, 11) is -2.10. The second kappa shape index (κ2) is 7.00. The lowest BCUT2D eigenvalue weighted by Gasteiger charge is -2.13. The van der Waals surface area contributed by atoms with Crippen molar-refractivity contribution in [3.05, 3.63) is 75.6 Å². The molecule has 1 heterocycles. The quantitative estimate of drug-likeness (QED) is 0.750. The van der Waals surface area contributed by atoms with E-state index in [4.69, 9.17) is 0 Å². The summed E-state index contributed by atoms with van der Waals surface area (Å²) >= 11 is 0. The molecular formula is C20H21N3O3S. The van der Waals surface area contributed by atoms with E-state index in [0.29, 0.717) is 16.9 Å². The van der Waals surface area contributed by atoms with Crippen LogP contribution in [0.25, 0.3) is 11.3 Å².